The molecule has 20 heavy (non-hydrogen) atoms. The van der Waals surface area contributed by atoms with Crippen LogP contribution in [0.4, 0.5) is 13.2 Å². The molecule has 1 rings (SSSR count). The molecule has 0 saturated carbocycles. The Morgan fingerprint density at radius 2 is 2.05 bits per heavy atom. The van der Waals surface area contributed by atoms with E-state index < -0.39 is 12.7 Å². The number of nitrogens with zero attached hydrogens (tertiary/aromatic N) is 4. The summed E-state index contributed by atoms with van der Waals surface area (Å²) >= 11 is 0. The predicted molar refractivity (Wildman–Crippen MR) is 70.2 cm³/mol. The summed E-state index contributed by atoms with van der Waals surface area (Å²) in [7, 11) is 0. The molecule has 0 aliphatic heterocycles. The third kappa shape index (κ3) is 6.85. The van der Waals surface area contributed by atoms with E-state index in [1.165, 1.54) is 4.90 Å². The van der Waals surface area contributed by atoms with Crippen LogP contribution in [-0.4, -0.2) is 52.2 Å². The molecule has 5 nitrogen and oxygen atoms in total. The number of aromatic nitrogens is 3. The molecule has 0 fully saturated rings. The van der Waals surface area contributed by atoms with Gasteiger partial charge in [-0.05, 0) is 19.5 Å². The second-order valence-electron chi connectivity index (χ2n) is 4.64. The lowest BCUT2D eigenvalue weighted by Gasteiger charge is -2.22. The van der Waals surface area contributed by atoms with Gasteiger partial charge in [-0.1, -0.05) is 19.1 Å². The van der Waals surface area contributed by atoms with Gasteiger partial charge in [-0.25, -0.2) is 0 Å². The second kappa shape index (κ2) is 8.21. The van der Waals surface area contributed by atoms with Crippen molar-refractivity contribution in [2.24, 2.45) is 0 Å². The van der Waals surface area contributed by atoms with Gasteiger partial charge in [-0.2, -0.15) is 13.2 Å². The number of rotatable bonds is 9. The van der Waals surface area contributed by atoms with Crippen LogP contribution in [0.1, 0.15) is 26.0 Å². The molecule has 116 valence electrons. The lowest BCUT2D eigenvalue weighted by Crippen LogP contribution is -2.37. The van der Waals surface area contributed by atoms with Crippen molar-refractivity contribution in [2.75, 3.05) is 26.2 Å². The van der Waals surface area contributed by atoms with E-state index >= 15 is 0 Å². The summed E-state index contributed by atoms with van der Waals surface area (Å²) in [4.78, 5) is 1.39. The van der Waals surface area contributed by atoms with E-state index in [4.69, 9.17) is 0 Å². The first-order chi connectivity index (χ1) is 9.44. The highest BCUT2D eigenvalue weighted by Gasteiger charge is 2.30. The Bertz CT molecular complexity index is 377. The Balaban J connectivity index is 2.43. The van der Waals surface area contributed by atoms with E-state index in [9.17, 15) is 13.2 Å². The normalized spacial score (nSPS) is 12.3. The molecule has 0 amide bonds. The van der Waals surface area contributed by atoms with Crippen LogP contribution in [0.3, 0.4) is 0 Å². The molecule has 0 aliphatic carbocycles. The molecule has 0 spiro atoms. The van der Waals surface area contributed by atoms with Gasteiger partial charge in [0, 0.05) is 19.3 Å². The topological polar surface area (TPSA) is 46.0 Å². The number of hydrogen-bond donors (Lipinski definition) is 1. The number of halogens is 3. The molecule has 0 bridgehead atoms. The van der Waals surface area contributed by atoms with Crippen molar-refractivity contribution in [3.05, 3.63) is 11.9 Å². The van der Waals surface area contributed by atoms with Crippen LogP contribution < -0.4 is 5.32 Å². The van der Waals surface area contributed by atoms with Crippen molar-refractivity contribution in [1.82, 2.24) is 25.2 Å². The molecular formula is C12H22F3N5. The van der Waals surface area contributed by atoms with Crippen LogP contribution in [0.15, 0.2) is 6.20 Å². The predicted octanol–water partition coefficient (Wildman–Crippen LogP) is 1.66. The smallest absolute Gasteiger partial charge is 0.311 e. The summed E-state index contributed by atoms with van der Waals surface area (Å²) in [6, 6.07) is 0. The van der Waals surface area contributed by atoms with Crippen molar-refractivity contribution in [3.8, 4) is 0 Å². The van der Waals surface area contributed by atoms with E-state index in [1.54, 1.807) is 10.9 Å². The number of nitrogens with one attached hydrogen (secondary N) is 1. The third-order valence-electron chi connectivity index (χ3n) is 2.73. The highest BCUT2D eigenvalue weighted by Crippen LogP contribution is 2.16. The average molecular weight is 293 g/mol. The minimum Gasteiger partial charge on any atom is -0.311 e. The Labute approximate surface area is 117 Å². The van der Waals surface area contributed by atoms with Gasteiger partial charge in [0.1, 0.15) is 0 Å². The quantitative estimate of drug-likeness (QED) is 0.752. The Kier molecular flexibility index (Phi) is 6.94. The van der Waals surface area contributed by atoms with Crippen molar-refractivity contribution in [2.45, 2.75) is 39.5 Å². The van der Waals surface area contributed by atoms with Crippen LogP contribution in [-0.2, 0) is 13.1 Å². The van der Waals surface area contributed by atoms with Crippen molar-refractivity contribution < 1.29 is 13.2 Å². The van der Waals surface area contributed by atoms with Crippen LogP contribution >= 0.6 is 0 Å². The molecule has 0 saturated heterocycles. The lowest BCUT2D eigenvalue weighted by atomic mass is 10.4. The monoisotopic (exact) mass is 293 g/mol. The summed E-state index contributed by atoms with van der Waals surface area (Å²) in [5, 5.41) is 11.0. The van der Waals surface area contributed by atoms with E-state index in [2.05, 4.69) is 15.6 Å². The molecule has 8 heteroatoms. The molecule has 1 heterocycles. The van der Waals surface area contributed by atoms with Gasteiger partial charge in [0.25, 0.3) is 0 Å². The molecular weight excluding hydrogens is 271 g/mol. The summed E-state index contributed by atoms with van der Waals surface area (Å²) in [6.07, 6.45) is -1.70. The fourth-order valence-electron chi connectivity index (χ4n) is 1.87. The summed E-state index contributed by atoms with van der Waals surface area (Å²) in [5.41, 5.74) is 0.796. The van der Waals surface area contributed by atoms with E-state index in [0.717, 1.165) is 12.2 Å². The van der Waals surface area contributed by atoms with Gasteiger partial charge in [-0.15, -0.1) is 5.10 Å². The summed E-state index contributed by atoms with van der Waals surface area (Å²) < 4.78 is 38.8. The van der Waals surface area contributed by atoms with Gasteiger partial charge in [0.2, 0.25) is 0 Å². The maximum Gasteiger partial charge on any atom is 0.401 e. The first kappa shape index (κ1) is 16.9. The van der Waals surface area contributed by atoms with Crippen LogP contribution in [0.25, 0.3) is 0 Å². The van der Waals surface area contributed by atoms with Gasteiger partial charge < -0.3 is 5.32 Å². The molecule has 0 aliphatic rings. The zero-order valence-electron chi connectivity index (χ0n) is 11.9. The molecule has 1 N–H and O–H groups in total. The zero-order valence-corrected chi connectivity index (χ0v) is 11.9. The van der Waals surface area contributed by atoms with Gasteiger partial charge in [0.15, 0.2) is 0 Å². The standard InChI is InChI=1S/C12H22F3N5/c1-3-5-19(10-12(13,14)15)6-7-20-9-11(17-18-20)8-16-4-2/h9,16H,3-8,10H2,1-2H3. The fourth-order valence-corrected chi connectivity index (χ4v) is 1.87. The summed E-state index contributed by atoms with van der Waals surface area (Å²) in [5.74, 6) is 0. The molecule has 0 radical (unpaired) electrons. The molecule has 0 unspecified atom stereocenters. The third-order valence-corrected chi connectivity index (χ3v) is 2.73. The van der Waals surface area contributed by atoms with Crippen LogP contribution in [0.5, 0.6) is 0 Å². The second-order valence-corrected chi connectivity index (χ2v) is 4.64. The Morgan fingerprint density at radius 3 is 2.65 bits per heavy atom. The summed E-state index contributed by atoms with van der Waals surface area (Å²) in [6.45, 7) is 5.60. The van der Waals surface area contributed by atoms with Crippen LogP contribution in [0.2, 0.25) is 0 Å². The highest BCUT2D eigenvalue weighted by atomic mass is 19.4. The maximum absolute atomic E-state index is 12.4. The number of hydrogen-bond acceptors (Lipinski definition) is 4. The first-order valence-corrected chi connectivity index (χ1v) is 6.83. The van der Waals surface area contributed by atoms with Crippen molar-refractivity contribution >= 4 is 0 Å². The minimum atomic E-state index is -4.16. The van der Waals surface area contributed by atoms with E-state index in [1.807, 2.05) is 13.8 Å². The highest BCUT2D eigenvalue weighted by molar-refractivity contribution is 4.91. The van der Waals surface area contributed by atoms with Gasteiger partial charge >= 0.3 is 6.18 Å². The molecule has 1 aromatic rings. The number of alkyl halides is 3. The SMILES string of the molecule is CCCN(CCn1cc(CNCC)nn1)CC(F)(F)F. The minimum absolute atomic E-state index is 0.317. The lowest BCUT2D eigenvalue weighted by molar-refractivity contribution is -0.146. The molecule has 0 atom stereocenters. The Hall–Kier alpha value is -1.15. The fraction of sp³-hybridized carbons (Fsp3) is 0.833. The average Bonchev–Trinajstić information content (AvgIpc) is 2.80. The van der Waals surface area contributed by atoms with Crippen LogP contribution in [0, 0.1) is 0 Å². The maximum atomic E-state index is 12.4. The van der Waals surface area contributed by atoms with E-state index in [0.29, 0.717) is 32.6 Å². The van der Waals surface area contributed by atoms with Crippen molar-refractivity contribution in [1.29, 1.82) is 0 Å². The first-order valence-electron chi connectivity index (χ1n) is 6.83. The molecule has 1 aromatic heterocycles. The van der Waals surface area contributed by atoms with Gasteiger partial charge in [-0.3, -0.25) is 9.58 Å². The zero-order chi connectivity index (χ0) is 15.0. The van der Waals surface area contributed by atoms with E-state index in [-0.39, 0.29) is 0 Å². The Morgan fingerprint density at radius 1 is 1.30 bits per heavy atom. The van der Waals surface area contributed by atoms with Crippen molar-refractivity contribution in [3.63, 3.8) is 0 Å². The largest absolute Gasteiger partial charge is 0.401 e. The van der Waals surface area contributed by atoms with Gasteiger partial charge in [0.05, 0.1) is 18.8 Å². The molecule has 0 aromatic carbocycles.